The van der Waals surface area contributed by atoms with Crippen LogP contribution >= 0.6 is 34.5 Å². The Labute approximate surface area is 164 Å². The third-order valence-electron chi connectivity index (χ3n) is 3.57. The Morgan fingerprint density at radius 2 is 1.85 bits per heavy atom. The van der Waals surface area contributed by atoms with E-state index in [1.807, 2.05) is 5.38 Å². The first-order valence-corrected chi connectivity index (χ1v) is 9.24. The van der Waals surface area contributed by atoms with Crippen LogP contribution in [-0.4, -0.2) is 24.5 Å². The Bertz CT molecular complexity index is 910. The molecule has 0 unspecified atom stereocenters. The number of benzene rings is 2. The molecule has 0 atom stereocenters. The summed E-state index contributed by atoms with van der Waals surface area (Å²) in [6.07, 6.45) is 0. The van der Waals surface area contributed by atoms with Crippen molar-refractivity contribution in [3.63, 3.8) is 0 Å². The Kier molecular flexibility index (Phi) is 5.76. The highest BCUT2D eigenvalue weighted by atomic mass is 35.5. The third kappa shape index (κ3) is 4.33. The van der Waals surface area contributed by atoms with Gasteiger partial charge in [0.1, 0.15) is 5.82 Å². The predicted octanol–water partition coefficient (Wildman–Crippen LogP) is 5.33. The van der Waals surface area contributed by atoms with Gasteiger partial charge in [-0.15, -0.1) is 11.3 Å². The second-order valence-corrected chi connectivity index (χ2v) is 7.17. The number of rotatable bonds is 5. The predicted molar refractivity (Wildman–Crippen MR) is 106 cm³/mol. The molecule has 0 aliphatic carbocycles. The van der Waals surface area contributed by atoms with Crippen molar-refractivity contribution in [3.8, 4) is 11.3 Å². The first kappa shape index (κ1) is 18.6. The van der Waals surface area contributed by atoms with Crippen molar-refractivity contribution >= 4 is 51.3 Å². The molecule has 1 N–H and O–H groups in total. The van der Waals surface area contributed by atoms with Crippen molar-refractivity contribution < 1.29 is 9.18 Å². The minimum Gasteiger partial charge on any atom is -0.342 e. The van der Waals surface area contributed by atoms with Crippen LogP contribution in [0.4, 0.5) is 15.2 Å². The lowest BCUT2D eigenvalue weighted by Gasteiger charge is -2.16. The molecule has 0 bridgehead atoms. The summed E-state index contributed by atoms with van der Waals surface area (Å²) in [5.41, 5.74) is 1.93. The Balaban J connectivity index is 1.67. The molecule has 1 heterocycles. The minimum absolute atomic E-state index is 0.0813. The number of amides is 1. The summed E-state index contributed by atoms with van der Waals surface area (Å²) in [5.74, 6) is -0.558. The smallest absolute Gasteiger partial charge is 0.244 e. The zero-order chi connectivity index (χ0) is 18.7. The molecule has 1 amide bonds. The van der Waals surface area contributed by atoms with Crippen LogP contribution in [0.15, 0.2) is 47.8 Å². The average molecular weight is 410 g/mol. The summed E-state index contributed by atoms with van der Waals surface area (Å²) < 4.78 is 13.0. The van der Waals surface area contributed by atoms with Crippen LogP contribution in [0.5, 0.6) is 0 Å². The van der Waals surface area contributed by atoms with Crippen molar-refractivity contribution in [3.05, 3.63) is 63.7 Å². The highest BCUT2D eigenvalue weighted by molar-refractivity contribution is 7.14. The van der Waals surface area contributed by atoms with Gasteiger partial charge in [0, 0.05) is 18.0 Å². The number of hydrogen-bond donors (Lipinski definition) is 1. The van der Waals surface area contributed by atoms with Crippen LogP contribution in [0.25, 0.3) is 11.3 Å². The van der Waals surface area contributed by atoms with Crippen molar-refractivity contribution in [1.29, 1.82) is 0 Å². The van der Waals surface area contributed by atoms with Gasteiger partial charge in [-0.05, 0) is 36.4 Å². The molecule has 0 saturated heterocycles. The van der Waals surface area contributed by atoms with Crippen molar-refractivity contribution in [2.24, 2.45) is 0 Å². The van der Waals surface area contributed by atoms with Crippen LogP contribution in [0.3, 0.4) is 0 Å². The first-order chi connectivity index (χ1) is 12.4. The van der Waals surface area contributed by atoms with Gasteiger partial charge in [-0.25, -0.2) is 9.37 Å². The number of halogens is 3. The van der Waals surface area contributed by atoms with E-state index in [4.69, 9.17) is 23.2 Å². The van der Waals surface area contributed by atoms with E-state index >= 15 is 0 Å². The number of hydrogen-bond acceptors (Lipinski definition) is 4. The summed E-state index contributed by atoms with van der Waals surface area (Å²) in [4.78, 5) is 18.5. The number of anilines is 2. The molecule has 1 aromatic heterocycles. The second kappa shape index (κ2) is 8.03. The first-order valence-electron chi connectivity index (χ1n) is 7.60. The number of carbonyl (C=O) groups is 1. The van der Waals surface area contributed by atoms with Crippen LogP contribution in [0, 0.1) is 5.82 Å². The summed E-state index contributed by atoms with van der Waals surface area (Å²) in [6, 6.07) is 11.1. The lowest BCUT2D eigenvalue weighted by molar-refractivity contribution is -0.114. The lowest BCUT2D eigenvalue weighted by Crippen LogP contribution is -2.30. The van der Waals surface area contributed by atoms with Crippen LogP contribution < -0.4 is 10.2 Å². The van der Waals surface area contributed by atoms with Gasteiger partial charge in [-0.3, -0.25) is 4.79 Å². The van der Waals surface area contributed by atoms with E-state index < -0.39 is 0 Å². The molecule has 0 saturated carbocycles. The average Bonchev–Trinajstić information content (AvgIpc) is 3.09. The molecule has 8 heteroatoms. The largest absolute Gasteiger partial charge is 0.342 e. The van der Waals surface area contributed by atoms with E-state index in [2.05, 4.69) is 10.3 Å². The number of carbonyl (C=O) groups excluding carboxylic acids is 1. The molecule has 0 radical (unpaired) electrons. The van der Waals surface area contributed by atoms with E-state index in [1.165, 1.54) is 23.5 Å². The number of nitrogens with one attached hydrogen (secondary N) is 1. The van der Waals surface area contributed by atoms with Crippen LogP contribution in [-0.2, 0) is 4.79 Å². The zero-order valence-corrected chi connectivity index (χ0v) is 16.0. The van der Waals surface area contributed by atoms with Gasteiger partial charge < -0.3 is 10.2 Å². The maximum Gasteiger partial charge on any atom is 0.244 e. The molecule has 0 spiro atoms. The monoisotopic (exact) mass is 409 g/mol. The van der Waals surface area contributed by atoms with E-state index in [0.29, 0.717) is 20.9 Å². The highest BCUT2D eigenvalue weighted by Gasteiger charge is 2.14. The topological polar surface area (TPSA) is 45.2 Å². The number of aromatic nitrogens is 1. The molecule has 4 nitrogen and oxygen atoms in total. The Hall–Kier alpha value is -2.15. The van der Waals surface area contributed by atoms with Gasteiger partial charge in [0.15, 0.2) is 5.13 Å². The molecule has 3 rings (SSSR count). The van der Waals surface area contributed by atoms with Crippen molar-refractivity contribution in [2.45, 2.75) is 0 Å². The molecule has 2 aromatic carbocycles. The van der Waals surface area contributed by atoms with Gasteiger partial charge in [-0.1, -0.05) is 29.3 Å². The van der Waals surface area contributed by atoms with Gasteiger partial charge in [0.25, 0.3) is 0 Å². The molecule has 0 aliphatic rings. The van der Waals surface area contributed by atoms with E-state index in [-0.39, 0.29) is 18.3 Å². The zero-order valence-electron chi connectivity index (χ0n) is 13.7. The molecule has 26 heavy (non-hydrogen) atoms. The van der Waals surface area contributed by atoms with E-state index in [9.17, 15) is 9.18 Å². The van der Waals surface area contributed by atoms with Crippen molar-refractivity contribution in [1.82, 2.24) is 4.98 Å². The van der Waals surface area contributed by atoms with Gasteiger partial charge in [0.2, 0.25) is 5.91 Å². The van der Waals surface area contributed by atoms with E-state index in [1.54, 1.807) is 42.3 Å². The second-order valence-electron chi connectivity index (χ2n) is 5.52. The number of likely N-dealkylation sites (N-methyl/N-ethyl adjacent to an activating group) is 1. The summed E-state index contributed by atoms with van der Waals surface area (Å²) in [5, 5.41) is 6.00. The SMILES string of the molecule is CN(CC(=O)Nc1c(Cl)cccc1Cl)c1nc(-c2ccc(F)cc2)cs1. The highest BCUT2D eigenvalue weighted by Crippen LogP contribution is 2.30. The lowest BCUT2D eigenvalue weighted by atomic mass is 10.2. The fourth-order valence-electron chi connectivity index (χ4n) is 2.27. The fourth-order valence-corrected chi connectivity index (χ4v) is 3.57. The quantitative estimate of drug-likeness (QED) is 0.619. The standard InChI is InChI=1S/C18H14Cl2FN3OS/c1-24(9-16(25)23-17-13(19)3-2-4-14(17)20)18-22-15(10-26-18)11-5-7-12(21)8-6-11/h2-8,10H,9H2,1H3,(H,23,25). The summed E-state index contributed by atoms with van der Waals surface area (Å²) in [6.45, 7) is 0.0813. The number of thiazole rings is 1. The minimum atomic E-state index is -0.295. The molecule has 134 valence electrons. The normalized spacial score (nSPS) is 10.6. The maximum atomic E-state index is 13.0. The van der Waals surface area contributed by atoms with Gasteiger partial charge in [-0.2, -0.15) is 0 Å². The molecule has 0 aliphatic heterocycles. The summed E-state index contributed by atoms with van der Waals surface area (Å²) >= 11 is 13.5. The van der Waals surface area contributed by atoms with Crippen LogP contribution in [0.1, 0.15) is 0 Å². The molecule has 3 aromatic rings. The Morgan fingerprint density at radius 3 is 2.50 bits per heavy atom. The van der Waals surface area contributed by atoms with Crippen LogP contribution in [0.2, 0.25) is 10.0 Å². The van der Waals surface area contributed by atoms with E-state index in [0.717, 1.165) is 11.3 Å². The third-order valence-corrected chi connectivity index (χ3v) is 5.15. The number of para-hydroxylation sites is 1. The summed E-state index contributed by atoms with van der Waals surface area (Å²) in [7, 11) is 1.76. The molecular weight excluding hydrogens is 396 g/mol. The number of nitrogens with zero attached hydrogens (tertiary/aromatic N) is 2. The van der Waals surface area contributed by atoms with Gasteiger partial charge >= 0.3 is 0 Å². The molecule has 0 fully saturated rings. The Morgan fingerprint density at radius 1 is 1.19 bits per heavy atom. The van der Waals surface area contributed by atoms with Gasteiger partial charge in [0.05, 0.1) is 28.0 Å². The van der Waals surface area contributed by atoms with Crippen molar-refractivity contribution in [2.75, 3.05) is 23.8 Å². The fraction of sp³-hybridized carbons (Fsp3) is 0.111. The molecular formula is C18H14Cl2FN3OS. The maximum absolute atomic E-state index is 13.0.